The number of rotatable bonds is 2. The normalized spacial score (nSPS) is 19.9. The summed E-state index contributed by atoms with van der Waals surface area (Å²) in [5, 5.41) is 4.71. The highest BCUT2D eigenvalue weighted by atomic mass is 35.5. The van der Waals surface area contributed by atoms with Crippen LogP contribution in [0.15, 0.2) is 29.4 Å². The molecule has 0 spiro atoms. The molecular formula is C11H8ClF3N2O. The van der Waals surface area contributed by atoms with Crippen LogP contribution in [0.1, 0.15) is 6.42 Å². The maximum atomic E-state index is 12.6. The minimum absolute atomic E-state index is 0.247. The van der Waals surface area contributed by atoms with Crippen molar-refractivity contribution < 1.29 is 18.0 Å². The highest BCUT2D eigenvalue weighted by Gasteiger charge is 2.43. The Kier molecular flexibility index (Phi) is 3.30. The molecule has 7 heteroatoms. The topological polar surface area (TPSA) is 32.7 Å². The Bertz CT molecular complexity index is 501. The fourth-order valence-corrected chi connectivity index (χ4v) is 1.90. The number of carbonyl (C=O) groups is 1. The van der Waals surface area contributed by atoms with E-state index in [1.165, 1.54) is 12.1 Å². The van der Waals surface area contributed by atoms with Gasteiger partial charge in [0, 0.05) is 6.42 Å². The predicted molar refractivity (Wildman–Crippen MR) is 61.9 cm³/mol. The SMILES string of the molecule is O=CC1CC(C(F)(F)F)=NN1c1ccccc1Cl. The molecule has 0 bridgehead atoms. The van der Waals surface area contributed by atoms with Gasteiger partial charge in [0.25, 0.3) is 0 Å². The van der Waals surface area contributed by atoms with Crippen molar-refractivity contribution in [1.82, 2.24) is 0 Å². The number of aldehydes is 1. The molecule has 3 nitrogen and oxygen atoms in total. The summed E-state index contributed by atoms with van der Waals surface area (Å²) in [6, 6.07) is 5.33. The summed E-state index contributed by atoms with van der Waals surface area (Å²) in [5.41, 5.74) is -0.685. The lowest BCUT2D eigenvalue weighted by Crippen LogP contribution is -2.28. The molecule has 1 aliphatic heterocycles. The lowest BCUT2D eigenvalue weighted by atomic mass is 10.1. The fourth-order valence-electron chi connectivity index (χ4n) is 1.68. The van der Waals surface area contributed by atoms with E-state index in [-0.39, 0.29) is 10.7 Å². The Morgan fingerprint density at radius 3 is 2.61 bits per heavy atom. The zero-order valence-electron chi connectivity index (χ0n) is 8.99. The summed E-state index contributed by atoms with van der Waals surface area (Å²) >= 11 is 5.88. The maximum absolute atomic E-state index is 12.6. The van der Waals surface area contributed by atoms with Gasteiger partial charge < -0.3 is 4.79 Å². The van der Waals surface area contributed by atoms with E-state index in [4.69, 9.17) is 11.6 Å². The highest BCUT2D eigenvalue weighted by molar-refractivity contribution is 6.33. The van der Waals surface area contributed by atoms with Crippen LogP contribution in [-0.4, -0.2) is 24.2 Å². The molecule has 0 N–H and O–H groups in total. The second kappa shape index (κ2) is 4.61. The van der Waals surface area contributed by atoms with Crippen LogP contribution >= 0.6 is 11.6 Å². The van der Waals surface area contributed by atoms with Crippen LogP contribution in [0, 0.1) is 0 Å². The predicted octanol–water partition coefficient (Wildman–Crippen LogP) is 3.04. The molecule has 0 saturated carbocycles. The number of para-hydroxylation sites is 1. The van der Waals surface area contributed by atoms with E-state index in [0.717, 1.165) is 5.01 Å². The Labute approximate surface area is 106 Å². The first-order valence-corrected chi connectivity index (χ1v) is 5.45. The summed E-state index contributed by atoms with van der Waals surface area (Å²) in [4.78, 5) is 10.8. The number of hydrogen-bond acceptors (Lipinski definition) is 3. The van der Waals surface area contributed by atoms with Gasteiger partial charge in [-0.15, -0.1) is 0 Å². The van der Waals surface area contributed by atoms with E-state index >= 15 is 0 Å². The van der Waals surface area contributed by atoms with Gasteiger partial charge in [-0.05, 0) is 12.1 Å². The monoisotopic (exact) mass is 276 g/mol. The maximum Gasteiger partial charge on any atom is 0.431 e. The van der Waals surface area contributed by atoms with Gasteiger partial charge in [-0.1, -0.05) is 23.7 Å². The van der Waals surface area contributed by atoms with Gasteiger partial charge in [0.1, 0.15) is 18.0 Å². The Balaban J connectivity index is 2.40. The Morgan fingerprint density at radius 1 is 1.39 bits per heavy atom. The molecule has 1 aromatic rings. The number of hydrogen-bond donors (Lipinski definition) is 0. The zero-order chi connectivity index (χ0) is 13.3. The molecule has 1 atom stereocenters. The second-order valence-electron chi connectivity index (χ2n) is 3.75. The van der Waals surface area contributed by atoms with Gasteiger partial charge in [-0.25, -0.2) is 0 Å². The summed E-state index contributed by atoms with van der Waals surface area (Å²) in [6.07, 6.45) is -4.55. The summed E-state index contributed by atoms with van der Waals surface area (Å²) in [6.45, 7) is 0. The first-order chi connectivity index (χ1) is 8.43. The molecule has 96 valence electrons. The van der Waals surface area contributed by atoms with Gasteiger partial charge in [0.15, 0.2) is 0 Å². The number of nitrogens with zero attached hydrogens (tertiary/aromatic N) is 2. The van der Waals surface area contributed by atoms with Crippen molar-refractivity contribution in [2.75, 3.05) is 5.01 Å². The van der Waals surface area contributed by atoms with Gasteiger partial charge in [0.05, 0.1) is 10.7 Å². The van der Waals surface area contributed by atoms with Crippen molar-refractivity contribution in [2.24, 2.45) is 5.10 Å². The molecule has 1 aromatic carbocycles. The number of carbonyl (C=O) groups excluding carboxylic acids is 1. The first kappa shape index (κ1) is 12.9. The molecule has 0 amide bonds. The van der Waals surface area contributed by atoms with E-state index < -0.39 is 24.4 Å². The quantitative estimate of drug-likeness (QED) is 0.778. The molecule has 1 unspecified atom stereocenters. The van der Waals surface area contributed by atoms with Gasteiger partial charge in [-0.2, -0.15) is 18.3 Å². The van der Waals surface area contributed by atoms with E-state index in [0.29, 0.717) is 6.29 Å². The van der Waals surface area contributed by atoms with Gasteiger partial charge >= 0.3 is 6.18 Å². The largest absolute Gasteiger partial charge is 0.431 e. The average molecular weight is 277 g/mol. The van der Waals surface area contributed by atoms with Crippen molar-refractivity contribution in [3.8, 4) is 0 Å². The van der Waals surface area contributed by atoms with Crippen LogP contribution in [0.2, 0.25) is 5.02 Å². The van der Waals surface area contributed by atoms with Crippen molar-refractivity contribution in [3.63, 3.8) is 0 Å². The number of halogens is 4. The molecule has 18 heavy (non-hydrogen) atoms. The van der Waals surface area contributed by atoms with Crippen molar-refractivity contribution in [3.05, 3.63) is 29.3 Å². The van der Waals surface area contributed by atoms with Crippen LogP contribution in [-0.2, 0) is 4.79 Å². The summed E-state index contributed by atoms with van der Waals surface area (Å²) < 4.78 is 37.7. The molecular weight excluding hydrogens is 269 g/mol. The third-order valence-electron chi connectivity index (χ3n) is 2.53. The van der Waals surface area contributed by atoms with Crippen molar-refractivity contribution in [2.45, 2.75) is 18.6 Å². The number of anilines is 1. The second-order valence-corrected chi connectivity index (χ2v) is 4.16. The van der Waals surface area contributed by atoms with E-state index in [2.05, 4.69) is 5.10 Å². The van der Waals surface area contributed by atoms with Crippen LogP contribution in [0.5, 0.6) is 0 Å². The first-order valence-electron chi connectivity index (χ1n) is 5.07. The molecule has 0 aromatic heterocycles. The zero-order valence-corrected chi connectivity index (χ0v) is 9.74. The van der Waals surface area contributed by atoms with E-state index in [1.54, 1.807) is 12.1 Å². The lowest BCUT2D eigenvalue weighted by Gasteiger charge is -2.19. The molecule has 2 rings (SSSR count). The third-order valence-corrected chi connectivity index (χ3v) is 2.85. The lowest BCUT2D eigenvalue weighted by molar-refractivity contribution is -0.108. The van der Waals surface area contributed by atoms with Crippen LogP contribution in [0.3, 0.4) is 0 Å². The molecule has 0 radical (unpaired) electrons. The van der Waals surface area contributed by atoms with Crippen LogP contribution in [0.25, 0.3) is 0 Å². The van der Waals surface area contributed by atoms with Crippen LogP contribution in [0.4, 0.5) is 18.9 Å². The minimum atomic E-state index is -4.53. The fraction of sp³-hybridized carbons (Fsp3) is 0.273. The Morgan fingerprint density at radius 2 is 2.06 bits per heavy atom. The average Bonchev–Trinajstić information content (AvgIpc) is 2.73. The Hall–Kier alpha value is -1.56. The number of alkyl halides is 3. The van der Waals surface area contributed by atoms with Gasteiger partial charge in [-0.3, -0.25) is 5.01 Å². The standard InChI is InChI=1S/C11H8ClF3N2O/c12-8-3-1-2-4-9(8)17-7(6-18)5-10(16-17)11(13,14)15/h1-4,6-7H,5H2. The molecule has 1 heterocycles. The summed E-state index contributed by atoms with van der Waals surface area (Å²) in [7, 11) is 0. The molecule has 0 saturated heterocycles. The molecule has 0 aliphatic carbocycles. The molecule has 1 aliphatic rings. The van der Waals surface area contributed by atoms with Crippen LogP contribution < -0.4 is 5.01 Å². The number of hydrazone groups is 1. The number of benzene rings is 1. The van der Waals surface area contributed by atoms with Gasteiger partial charge in [0.2, 0.25) is 0 Å². The van der Waals surface area contributed by atoms with E-state index in [1.807, 2.05) is 0 Å². The smallest absolute Gasteiger partial charge is 0.301 e. The highest BCUT2D eigenvalue weighted by Crippen LogP contribution is 2.33. The molecule has 0 fully saturated rings. The minimum Gasteiger partial charge on any atom is -0.301 e. The van der Waals surface area contributed by atoms with Crippen molar-refractivity contribution >= 4 is 29.3 Å². The van der Waals surface area contributed by atoms with E-state index in [9.17, 15) is 18.0 Å². The third kappa shape index (κ3) is 2.33. The van der Waals surface area contributed by atoms with Crippen molar-refractivity contribution in [1.29, 1.82) is 0 Å². The summed E-state index contributed by atoms with van der Waals surface area (Å²) in [5.74, 6) is 0.